The van der Waals surface area contributed by atoms with Crippen LogP contribution in [0.3, 0.4) is 0 Å². The van der Waals surface area contributed by atoms with Crippen LogP contribution in [-0.2, 0) is 10.5 Å². The number of benzene rings is 1. The van der Waals surface area contributed by atoms with Gasteiger partial charge in [0.2, 0.25) is 11.7 Å². The largest absolute Gasteiger partial charge is 0.480 e. The van der Waals surface area contributed by atoms with Crippen LogP contribution in [0.5, 0.6) is 0 Å². The molecular formula is C14H17N3O3S. The van der Waals surface area contributed by atoms with E-state index in [4.69, 9.17) is 15.4 Å². The molecule has 21 heavy (non-hydrogen) atoms. The minimum Gasteiger partial charge on any atom is -0.480 e. The molecule has 0 saturated heterocycles. The van der Waals surface area contributed by atoms with Crippen molar-refractivity contribution in [2.75, 3.05) is 5.75 Å². The molecule has 1 aromatic carbocycles. The summed E-state index contributed by atoms with van der Waals surface area (Å²) in [5.41, 5.74) is 7.47. The lowest BCUT2D eigenvalue weighted by atomic mass is 10.1. The Morgan fingerprint density at radius 2 is 2.24 bits per heavy atom. The van der Waals surface area contributed by atoms with Crippen molar-refractivity contribution in [3.05, 3.63) is 35.7 Å². The van der Waals surface area contributed by atoms with Gasteiger partial charge in [0.1, 0.15) is 6.04 Å². The third kappa shape index (κ3) is 4.30. The monoisotopic (exact) mass is 307 g/mol. The number of carboxylic acids is 1. The second kappa shape index (κ2) is 7.24. The van der Waals surface area contributed by atoms with Gasteiger partial charge in [0.05, 0.1) is 5.75 Å². The quantitative estimate of drug-likeness (QED) is 0.755. The molecule has 1 heterocycles. The van der Waals surface area contributed by atoms with Crippen molar-refractivity contribution in [3.8, 4) is 11.4 Å². The normalized spacial score (nSPS) is 12.3. The van der Waals surface area contributed by atoms with Gasteiger partial charge in [-0.25, -0.2) is 0 Å². The maximum atomic E-state index is 10.6. The highest BCUT2D eigenvalue weighted by atomic mass is 32.2. The SMILES string of the molecule is Cc1ccccc1-c1noc(CSCCC(N)C(=O)O)n1. The van der Waals surface area contributed by atoms with E-state index in [0.29, 0.717) is 29.6 Å². The number of aryl methyl sites for hydroxylation is 1. The Balaban J connectivity index is 1.87. The zero-order valence-electron chi connectivity index (χ0n) is 11.7. The van der Waals surface area contributed by atoms with Gasteiger partial charge in [-0.15, -0.1) is 0 Å². The number of hydrogen-bond donors (Lipinski definition) is 2. The molecule has 0 saturated carbocycles. The summed E-state index contributed by atoms with van der Waals surface area (Å²) in [6.45, 7) is 1.99. The number of carboxylic acid groups (broad SMARTS) is 1. The third-order valence-corrected chi connectivity index (χ3v) is 3.95. The van der Waals surface area contributed by atoms with Crippen LogP contribution in [0.1, 0.15) is 17.9 Å². The third-order valence-electron chi connectivity index (χ3n) is 2.97. The molecule has 3 N–H and O–H groups in total. The Kier molecular flexibility index (Phi) is 5.35. The zero-order chi connectivity index (χ0) is 15.2. The molecule has 2 rings (SSSR count). The standard InChI is InChI=1S/C14H17N3O3S/c1-9-4-2-3-5-10(9)13-16-12(20-17-13)8-21-7-6-11(15)14(18)19/h2-5,11H,6-8,15H2,1H3,(H,18,19). The molecule has 1 aromatic heterocycles. The summed E-state index contributed by atoms with van der Waals surface area (Å²) in [7, 11) is 0. The molecule has 0 aliphatic carbocycles. The van der Waals surface area contributed by atoms with E-state index in [-0.39, 0.29) is 0 Å². The van der Waals surface area contributed by atoms with Crippen molar-refractivity contribution in [1.29, 1.82) is 0 Å². The molecule has 0 radical (unpaired) electrons. The van der Waals surface area contributed by atoms with Gasteiger partial charge in [-0.2, -0.15) is 16.7 Å². The molecule has 112 valence electrons. The van der Waals surface area contributed by atoms with Gasteiger partial charge >= 0.3 is 5.97 Å². The molecule has 0 spiro atoms. The van der Waals surface area contributed by atoms with Crippen molar-refractivity contribution in [2.45, 2.75) is 25.1 Å². The summed E-state index contributed by atoms with van der Waals surface area (Å²) in [6, 6.07) is 7.01. The Morgan fingerprint density at radius 3 is 2.95 bits per heavy atom. The number of hydrogen-bond acceptors (Lipinski definition) is 6. The van der Waals surface area contributed by atoms with E-state index in [2.05, 4.69) is 10.1 Å². The molecule has 6 nitrogen and oxygen atoms in total. The Labute approximate surface area is 126 Å². The molecule has 0 aliphatic heterocycles. The van der Waals surface area contributed by atoms with E-state index in [1.54, 1.807) is 0 Å². The number of nitrogens with zero attached hydrogens (tertiary/aromatic N) is 2. The summed E-state index contributed by atoms with van der Waals surface area (Å²) < 4.78 is 5.20. The second-order valence-electron chi connectivity index (χ2n) is 4.61. The fraction of sp³-hybridized carbons (Fsp3) is 0.357. The fourth-order valence-corrected chi connectivity index (χ4v) is 2.60. The first kappa shape index (κ1) is 15.5. The highest BCUT2D eigenvalue weighted by molar-refractivity contribution is 7.98. The lowest BCUT2D eigenvalue weighted by Gasteiger charge is -2.04. The molecule has 0 fully saturated rings. The highest BCUT2D eigenvalue weighted by Crippen LogP contribution is 2.21. The first-order valence-electron chi connectivity index (χ1n) is 6.52. The van der Waals surface area contributed by atoms with Gasteiger partial charge < -0.3 is 15.4 Å². The Bertz CT molecular complexity index is 615. The fourth-order valence-electron chi connectivity index (χ4n) is 1.74. The van der Waals surface area contributed by atoms with E-state index in [1.165, 1.54) is 11.8 Å². The Morgan fingerprint density at radius 1 is 1.48 bits per heavy atom. The Hall–Kier alpha value is -1.86. The first-order chi connectivity index (χ1) is 10.1. The zero-order valence-corrected chi connectivity index (χ0v) is 12.5. The van der Waals surface area contributed by atoms with Crippen LogP contribution < -0.4 is 5.73 Å². The smallest absolute Gasteiger partial charge is 0.320 e. The highest BCUT2D eigenvalue weighted by Gasteiger charge is 2.12. The summed E-state index contributed by atoms with van der Waals surface area (Å²) in [6.07, 6.45) is 0.415. The van der Waals surface area contributed by atoms with Crippen molar-refractivity contribution in [2.24, 2.45) is 5.73 Å². The number of aromatic nitrogens is 2. The lowest BCUT2D eigenvalue weighted by molar-refractivity contribution is -0.138. The molecule has 2 aromatic rings. The molecule has 1 unspecified atom stereocenters. The van der Waals surface area contributed by atoms with Gasteiger partial charge in [-0.1, -0.05) is 29.4 Å². The van der Waals surface area contributed by atoms with Crippen molar-refractivity contribution in [1.82, 2.24) is 10.1 Å². The molecule has 0 bridgehead atoms. The molecule has 7 heteroatoms. The topological polar surface area (TPSA) is 102 Å². The first-order valence-corrected chi connectivity index (χ1v) is 7.68. The van der Waals surface area contributed by atoms with Gasteiger partial charge in [-0.3, -0.25) is 4.79 Å². The van der Waals surface area contributed by atoms with Crippen LogP contribution in [0.15, 0.2) is 28.8 Å². The molecule has 0 aliphatic rings. The maximum absolute atomic E-state index is 10.6. The maximum Gasteiger partial charge on any atom is 0.320 e. The minimum atomic E-state index is -0.977. The van der Waals surface area contributed by atoms with Gasteiger partial charge in [0.15, 0.2) is 0 Å². The van der Waals surface area contributed by atoms with E-state index >= 15 is 0 Å². The number of aliphatic carboxylic acids is 1. The average Bonchev–Trinajstić information content (AvgIpc) is 2.92. The average molecular weight is 307 g/mol. The van der Waals surface area contributed by atoms with Crippen LogP contribution >= 0.6 is 11.8 Å². The summed E-state index contributed by atoms with van der Waals surface area (Å²) >= 11 is 1.53. The molecule has 0 amide bonds. The summed E-state index contributed by atoms with van der Waals surface area (Å²) in [5, 5.41) is 12.6. The van der Waals surface area contributed by atoms with Crippen LogP contribution in [0.25, 0.3) is 11.4 Å². The number of carbonyl (C=O) groups is 1. The molecular weight excluding hydrogens is 290 g/mol. The van der Waals surface area contributed by atoms with Gasteiger partial charge in [0, 0.05) is 5.56 Å². The van der Waals surface area contributed by atoms with Crippen LogP contribution in [0, 0.1) is 6.92 Å². The van der Waals surface area contributed by atoms with Crippen LogP contribution in [0.2, 0.25) is 0 Å². The minimum absolute atomic E-state index is 0.415. The number of nitrogens with two attached hydrogens (primary N) is 1. The number of rotatable bonds is 7. The summed E-state index contributed by atoms with van der Waals surface area (Å²) in [5.74, 6) is 1.31. The van der Waals surface area contributed by atoms with E-state index in [9.17, 15) is 4.79 Å². The summed E-state index contributed by atoms with van der Waals surface area (Å²) in [4.78, 5) is 14.9. The molecule has 1 atom stereocenters. The van der Waals surface area contributed by atoms with Crippen LogP contribution in [0.4, 0.5) is 0 Å². The van der Waals surface area contributed by atoms with Gasteiger partial charge in [0.25, 0.3) is 0 Å². The predicted molar refractivity (Wildman–Crippen MR) is 80.9 cm³/mol. The van der Waals surface area contributed by atoms with Gasteiger partial charge in [-0.05, 0) is 24.7 Å². The predicted octanol–water partition coefficient (Wildman–Crippen LogP) is 2.08. The van der Waals surface area contributed by atoms with E-state index in [0.717, 1.165) is 11.1 Å². The van der Waals surface area contributed by atoms with Crippen LogP contribution in [-0.4, -0.2) is 33.0 Å². The van der Waals surface area contributed by atoms with Crippen molar-refractivity contribution in [3.63, 3.8) is 0 Å². The van der Waals surface area contributed by atoms with Crippen molar-refractivity contribution < 1.29 is 14.4 Å². The second-order valence-corrected chi connectivity index (χ2v) is 5.72. The van der Waals surface area contributed by atoms with Crippen molar-refractivity contribution >= 4 is 17.7 Å². The number of thioether (sulfide) groups is 1. The lowest BCUT2D eigenvalue weighted by Crippen LogP contribution is -2.30. The van der Waals surface area contributed by atoms with E-state index in [1.807, 2.05) is 31.2 Å². The van der Waals surface area contributed by atoms with E-state index < -0.39 is 12.0 Å².